The standard InChI is InChI=1S/C10H22N2O3/c1-10(2,3)15-9(14)8(12)5-4-7(13)6-11/h7-8,13H,4-6,11-12H2,1-3H3/t7-,8+/m1/s1. The molecule has 0 rings (SSSR count). The Morgan fingerprint density at radius 3 is 2.33 bits per heavy atom. The van der Waals surface area contributed by atoms with E-state index in [4.69, 9.17) is 16.2 Å². The summed E-state index contributed by atoms with van der Waals surface area (Å²) in [6.45, 7) is 5.53. The molecule has 0 aromatic carbocycles. The fourth-order valence-electron chi connectivity index (χ4n) is 0.985. The predicted octanol–water partition coefficient (Wildman–Crippen LogP) is -0.245. The highest BCUT2D eigenvalue weighted by molar-refractivity contribution is 5.75. The van der Waals surface area contributed by atoms with Gasteiger partial charge in [0.1, 0.15) is 11.6 Å². The Morgan fingerprint density at radius 1 is 1.40 bits per heavy atom. The molecule has 0 saturated carbocycles. The lowest BCUT2D eigenvalue weighted by Gasteiger charge is -2.22. The topological polar surface area (TPSA) is 98.6 Å². The minimum absolute atomic E-state index is 0.182. The Kier molecular flexibility index (Phi) is 5.79. The van der Waals surface area contributed by atoms with Crippen molar-refractivity contribution in [1.82, 2.24) is 0 Å². The summed E-state index contributed by atoms with van der Waals surface area (Å²) in [5, 5.41) is 9.19. The van der Waals surface area contributed by atoms with Gasteiger partial charge < -0.3 is 21.3 Å². The van der Waals surface area contributed by atoms with E-state index in [-0.39, 0.29) is 6.54 Å². The summed E-state index contributed by atoms with van der Waals surface area (Å²) >= 11 is 0. The largest absolute Gasteiger partial charge is 0.459 e. The molecule has 0 amide bonds. The Balaban J connectivity index is 3.90. The lowest BCUT2D eigenvalue weighted by atomic mass is 10.1. The van der Waals surface area contributed by atoms with Crippen LogP contribution in [0.3, 0.4) is 0 Å². The molecule has 0 aliphatic rings. The Labute approximate surface area is 90.8 Å². The molecule has 0 aliphatic heterocycles. The molecule has 90 valence electrons. The first-order valence-corrected chi connectivity index (χ1v) is 5.13. The first kappa shape index (κ1) is 14.3. The van der Waals surface area contributed by atoms with Crippen LogP contribution >= 0.6 is 0 Å². The summed E-state index contributed by atoms with van der Waals surface area (Å²) in [5.74, 6) is -0.438. The molecule has 0 radical (unpaired) electrons. The smallest absolute Gasteiger partial charge is 0.323 e. The van der Waals surface area contributed by atoms with Gasteiger partial charge in [-0.1, -0.05) is 0 Å². The fraction of sp³-hybridized carbons (Fsp3) is 0.900. The Hall–Kier alpha value is -0.650. The maximum Gasteiger partial charge on any atom is 0.323 e. The second-order valence-electron chi connectivity index (χ2n) is 4.61. The highest BCUT2D eigenvalue weighted by Crippen LogP contribution is 2.10. The van der Waals surface area contributed by atoms with E-state index < -0.39 is 23.7 Å². The maximum atomic E-state index is 11.4. The second-order valence-corrected chi connectivity index (χ2v) is 4.61. The number of ether oxygens (including phenoxy) is 1. The molecule has 0 unspecified atom stereocenters. The average Bonchev–Trinajstić information content (AvgIpc) is 2.10. The third-order valence-electron chi connectivity index (χ3n) is 1.79. The third kappa shape index (κ3) is 7.30. The van der Waals surface area contributed by atoms with E-state index in [1.54, 1.807) is 20.8 Å². The minimum atomic E-state index is -0.689. The number of aliphatic hydroxyl groups excluding tert-OH is 1. The van der Waals surface area contributed by atoms with Crippen LogP contribution in [0.2, 0.25) is 0 Å². The van der Waals surface area contributed by atoms with Crippen molar-refractivity contribution >= 4 is 5.97 Å². The van der Waals surface area contributed by atoms with Crippen LogP contribution in [0.1, 0.15) is 33.6 Å². The van der Waals surface area contributed by atoms with Crippen LogP contribution in [0.5, 0.6) is 0 Å². The summed E-state index contributed by atoms with van der Waals surface area (Å²) in [5.41, 5.74) is 10.3. The van der Waals surface area contributed by atoms with Crippen LogP contribution in [-0.2, 0) is 9.53 Å². The summed E-state index contributed by atoms with van der Waals surface area (Å²) in [7, 11) is 0. The van der Waals surface area contributed by atoms with Gasteiger partial charge in [0.05, 0.1) is 6.10 Å². The quantitative estimate of drug-likeness (QED) is 0.553. The molecule has 0 saturated heterocycles. The molecule has 0 bridgehead atoms. The van der Waals surface area contributed by atoms with Crippen molar-refractivity contribution in [3.05, 3.63) is 0 Å². The van der Waals surface area contributed by atoms with Gasteiger partial charge in [-0.15, -0.1) is 0 Å². The monoisotopic (exact) mass is 218 g/mol. The number of rotatable bonds is 5. The van der Waals surface area contributed by atoms with E-state index in [1.807, 2.05) is 0 Å². The van der Waals surface area contributed by atoms with Crippen molar-refractivity contribution in [3.8, 4) is 0 Å². The highest BCUT2D eigenvalue weighted by Gasteiger charge is 2.22. The van der Waals surface area contributed by atoms with Crippen LogP contribution < -0.4 is 11.5 Å². The van der Waals surface area contributed by atoms with Gasteiger partial charge in [-0.05, 0) is 33.6 Å². The third-order valence-corrected chi connectivity index (χ3v) is 1.79. The molecular formula is C10H22N2O3. The van der Waals surface area contributed by atoms with Crippen LogP contribution in [0.25, 0.3) is 0 Å². The summed E-state index contributed by atoms with van der Waals surface area (Å²) in [6.07, 6.45) is 0.197. The highest BCUT2D eigenvalue weighted by atomic mass is 16.6. The predicted molar refractivity (Wildman–Crippen MR) is 58.1 cm³/mol. The van der Waals surface area contributed by atoms with Crippen LogP contribution in [0, 0.1) is 0 Å². The molecule has 0 aromatic heterocycles. The first-order chi connectivity index (χ1) is 6.76. The summed E-state index contributed by atoms with van der Waals surface area (Å²) < 4.78 is 5.09. The lowest BCUT2D eigenvalue weighted by Crippen LogP contribution is -2.38. The first-order valence-electron chi connectivity index (χ1n) is 5.13. The molecule has 15 heavy (non-hydrogen) atoms. The maximum absolute atomic E-state index is 11.4. The summed E-state index contributed by atoms with van der Waals surface area (Å²) in [6, 6.07) is -0.689. The van der Waals surface area contributed by atoms with E-state index in [0.717, 1.165) is 0 Å². The lowest BCUT2D eigenvalue weighted by molar-refractivity contribution is -0.156. The van der Waals surface area contributed by atoms with Crippen molar-refractivity contribution in [3.63, 3.8) is 0 Å². The number of carbonyl (C=O) groups is 1. The zero-order chi connectivity index (χ0) is 12.1. The van der Waals surface area contributed by atoms with Gasteiger partial charge in [0, 0.05) is 6.54 Å². The molecule has 0 aromatic rings. The van der Waals surface area contributed by atoms with Gasteiger partial charge in [0.25, 0.3) is 0 Å². The van der Waals surface area contributed by atoms with Crippen molar-refractivity contribution in [1.29, 1.82) is 0 Å². The van der Waals surface area contributed by atoms with Gasteiger partial charge in [0.15, 0.2) is 0 Å². The van der Waals surface area contributed by atoms with Crippen LogP contribution in [0.4, 0.5) is 0 Å². The number of carbonyl (C=O) groups excluding carboxylic acids is 1. The zero-order valence-corrected chi connectivity index (χ0v) is 9.69. The normalized spacial score (nSPS) is 15.9. The molecule has 0 spiro atoms. The van der Waals surface area contributed by atoms with Crippen molar-refractivity contribution in [2.24, 2.45) is 11.5 Å². The fourth-order valence-corrected chi connectivity index (χ4v) is 0.985. The number of aliphatic hydroxyl groups is 1. The van der Waals surface area contributed by atoms with E-state index in [1.165, 1.54) is 0 Å². The van der Waals surface area contributed by atoms with Gasteiger partial charge in [-0.25, -0.2) is 0 Å². The molecule has 5 heteroatoms. The van der Waals surface area contributed by atoms with Crippen LogP contribution in [0.15, 0.2) is 0 Å². The molecule has 0 heterocycles. The number of hydrogen-bond acceptors (Lipinski definition) is 5. The van der Waals surface area contributed by atoms with E-state index in [9.17, 15) is 9.90 Å². The van der Waals surface area contributed by atoms with E-state index >= 15 is 0 Å². The van der Waals surface area contributed by atoms with Crippen molar-refractivity contribution in [2.45, 2.75) is 51.4 Å². The molecule has 5 nitrogen and oxygen atoms in total. The second kappa shape index (κ2) is 6.05. The molecule has 5 N–H and O–H groups in total. The van der Waals surface area contributed by atoms with Gasteiger partial charge in [-0.3, -0.25) is 4.79 Å². The number of hydrogen-bond donors (Lipinski definition) is 3. The van der Waals surface area contributed by atoms with Crippen LogP contribution in [-0.4, -0.2) is 35.4 Å². The Morgan fingerprint density at radius 2 is 1.93 bits per heavy atom. The Bertz CT molecular complexity index is 201. The van der Waals surface area contributed by atoms with E-state index in [2.05, 4.69) is 0 Å². The van der Waals surface area contributed by atoms with Gasteiger partial charge in [0.2, 0.25) is 0 Å². The number of esters is 1. The number of nitrogens with two attached hydrogens (primary N) is 2. The van der Waals surface area contributed by atoms with Crippen molar-refractivity contribution < 1.29 is 14.6 Å². The SMILES string of the molecule is CC(C)(C)OC(=O)[C@@H](N)CC[C@@H](O)CN. The van der Waals surface area contributed by atoms with Gasteiger partial charge in [-0.2, -0.15) is 0 Å². The molecule has 0 aliphatic carbocycles. The van der Waals surface area contributed by atoms with Crippen molar-refractivity contribution in [2.75, 3.05) is 6.54 Å². The van der Waals surface area contributed by atoms with E-state index in [0.29, 0.717) is 12.8 Å². The molecular weight excluding hydrogens is 196 g/mol. The summed E-state index contributed by atoms with van der Waals surface area (Å²) in [4.78, 5) is 11.4. The molecule has 0 fully saturated rings. The minimum Gasteiger partial charge on any atom is -0.459 e. The van der Waals surface area contributed by atoms with Gasteiger partial charge >= 0.3 is 5.97 Å². The molecule has 2 atom stereocenters. The average molecular weight is 218 g/mol. The zero-order valence-electron chi connectivity index (χ0n) is 9.69.